The van der Waals surface area contributed by atoms with Crippen LogP contribution in [0.4, 0.5) is 0 Å². The van der Waals surface area contributed by atoms with Crippen LogP contribution in [0.5, 0.6) is 0 Å². The maximum Gasteiger partial charge on any atom is 0.0482 e. The fourth-order valence-electron chi connectivity index (χ4n) is 3.15. The lowest BCUT2D eigenvalue weighted by atomic mass is 9.91. The molecular weight excluding hydrogens is 232 g/mol. The first-order valence-corrected chi connectivity index (χ1v) is 7.03. The number of likely N-dealkylation sites (N-methyl/N-ethyl adjacent to an activating group) is 1. The fourth-order valence-corrected chi connectivity index (χ4v) is 3.15. The van der Waals surface area contributed by atoms with E-state index in [1.165, 1.54) is 29.7 Å². The van der Waals surface area contributed by atoms with Crippen molar-refractivity contribution < 1.29 is 0 Å². The van der Waals surface area contributed by atoms with Crippen LogP contribution in [0.15, 0.2) is 48.7 Å². The predicted molar refractivity (Wildman–Crippen MR) is 78.3 cm³/mol. The molecule has 98 valence electrons. The van der Waals surface area contributed by atoms with Gasteiger partial charge < -0.3 is 5.32 Å². The number of aryl methyl sites for hydroxylation is 1. The number of hydrogen-bond donors (Lipinski definition) is 1. The summed E-state index contributed by atoms with van der Waals surface area (Å²) >= 11 is 0. The van der Waals surface area contributed by atoms with E-state index in [0.717, 1.165) is 6.42 Å². The Bertz CT molecular complexity index is 536. The molecule has 1 heterocycles. The molecule has 1 aromatic heterocycles. The fraction of sp³-hybridized carbons (Fsp3) is 0.353. The van der Waals surface area contributed by atoms with Gasteiger partial charge in [-0.1, -0.05) is 36.4 Å². The van der Waals surface area contributed by atoms with E-state index in [1.807, 2.05) is 12.3 Å². The summed E-state index contributed by atoms with van der Waals surface area (Å²) < 4.78 is 0. The smallest absolute Gasteiger partial charge is 0.0482 e. The second kappa shape index (κ2) is 5.54. The van der Waals surface area contributed by atoms with E-state index in [2.05, 4.69) is 53.7 Å². The standard InChI is InChI=1S/C17H20N2/c1-18-16(12-13-6-3-2-4-7-13)15-10-9-14-8-5-11-19-17(14)15/h2-8,11,15-16,18H,9-10,12H2,1H3. The first-order chi connectivity index (χ1) is 9.38. The molecule has 3 rings (SSSR count). The van der Waals surface area contributed by atoms with E-state index in [4.69, 9.17) is 0 Å². The lowest BCUT2D eigenvalue weighted by Crippen LogP contribution is -2.33. The Morgan fingerprint density at radius 1 is 1.21 bits per heavy atom. The Morgan fingerprint density at radius 3 is 2.84 bits per heavy atom. The van der Waals surface area contributed by atoms with Crippen LogP contribution in [-0.2, 0) is 12.8 Å². The Kier molecular flexibility index (Phi) is 3.60. The monoisotopic (exact) mass is 252 g/mol. The SMILES string of the molecule is CNC(Cc1ccccc1)C1CCc2cccnc21. The molecule has 1 aliphatic rings. The summed E-state index contributed by atoms with van der Waals surface area (Å²) in [6.07, 6.45) is 5.37. The number of pyridine rings is 1. The molecule has 0 spiro atoms. The highest BCUT2D eigenvalue weighted by Gasteiger charge is 2.29. The third kappa shape index (κ3) is 2.54. The zero-order chi connectivity index (χ0) is 13.1. The summed E-state index contributed by atoms with van der Waals surface area (Å²) in [4.78, 5) is 4.61. The second-order valence-corrected chi connectivity index (χ2v) is 5.28. The Balaban J connectivity index is 1.81. The maximum atomic E-state index is 4.61. The van der Waals surface area contributed by atoms with E-state index in [0.29, 0.717) is 12.0 Å². The number of benzene rings is 1. The van der Waals surface area contributed by atoms with E-state index < -0.39 is 0 Å². The number of fused-ring (bicyclic) bond motifs is 1. The van der Waals surface area contributed by atoms with Crippen molar-refractivity contribution in [2.45, 2.75) is 31.2 Å². The van der Waals surface area contributed by atoms with Crippen LogP contribution < -0.4 is 5.32 Å². The number of nitrogens with one attached hydrogen (secondary N) is 1. The van der Waals surface area contributed by atoms with Gasteiger partial charge in [-0.2, -0.15) is 0 Å². The van der Waals surface area contributed by atoms with Crippen molar-refractivity contribution in [1.82, 2.24) is 10.3 Å². The van der Waals surface area contributed by atoms with E-state index in [-0.39, 0.29) is 0 Å². The van der Waals surface area contributed by atoms with Crippen LogP contribution in [0.3, 0.4) is 0 Å². The van der Waals surface area contributed by atoms with Gasteiger partial charge in [0.25, 0.3) is 0 Å². The Hall–Kier alpha value is -1.67. The van der Waals surface area contributed by atoms with E-state index in [9.17, 15) is 0 Å². The Labute approximate surface area is 114 Å². The minimum atomic E-state index is 0.471. The molecule has 2 heteroatoms. The van der Waals surface area contributed by atoms with Crippen molar-refractivity contribution in [3.63, 3.8) is 0 Å². The number of aromatic nitrogens is 1. The van der Waals surface area contributed by atoms with Crippen LogP contribution >= 0.6 is 0 Å². The van der Waals surface area contributed by atoms with Crippen LogP contribution in [0, 0.1) is 0 Å². The van der Waals surface area contributed by atoms with Gasteiger partial charge in [-0.3, -0.25) is 4.98 Å². The number of nitrogens with zero attached hydrogens (tertiary/aromatic N) is 1. The minimum absolute atomic E-state index is 0.471. The van der Waals surface area contributed by atoms with Crippen molar-refractivity contribution in [2.24, 2.45) is 0 Å². The largest absolute Gasteiger partial charge is 0.316 e. The van der Waals surface area contributed by atoms with Crippen LogP contribution in [0.25, 0.3) is 0 Å². The topological polar surface area (TPSA) is 24.9 Å². The summed E-state index contributed by atoms with van der Waals surface area (Å²) in [7, 11) is 2.06. The average Bonchev–Trinajstić information content (AvgIpc) is 2.90. The Morgan fingerprint density at radius 2 is 2.05 bits per heavy atom. The van der Waals surface area contributed by atoms with Gasteiger partial charge in [0.2, 0.25) is 0 Å². The van der Waals surface area contributed by atoms with Crippen molar-refractivity contribution in [3.05, 3.63) is 65.5 Å². The molecule has 0 fully saturated rings. The zero-order valence-electron chi connectivity index (χ0n) is 11.3. The highest BCUT2D eigenvalue weighted by molar-refractivity contribution is 5.31. The summed E-state index contributed by atoms with van der Waals surface area (Å²) in [6.45, 7) is 0. The van der Waals surface area contributed by atoms with Gasteiger partial charge in [0.05, 0.1) is 0 Å². The second-order valence-electron chi connectivity index (χ2n) is 5.28. The molecule has 2 unspecified atom stereocenters. The van der Waals surface area contributed by atoms with Gasteiger partial charge in [0.15, 0.2) is 0 Å². The van der Waals surface area contributed by atoms with Crippen LogP contribution in [0.1, 0.15) is 29.2 Å². The molecule has 2 atom stereocenters. The third-order valence-corrected chi connectivity index (χ3v) is 4.16. The van der Waals surface area contributed by atoms with Crippen molar-refractivity contribution >= 4 is 0 Å². The third-order valence-electron chi connectivity index (χ3n) is 4.16. The molecular formula is C17H20N2. The zero-order valence-corrected chi connectivity index (χ0v) is 11.3. The average molecular weight is 252 g/mol. The quantitative estimate of drug-likeness (QED) is 0.905. The van der Waals surface area contributed by atoms with Crippen LogP contribution in [-0.4, -0.2) is 18.1 Å². The van der Waals surface area contributed by atoms with Gasteiger partial charge >= 0.3 is 0 Å². The van der Waals surface area contributed by atoms with E-state index >= 15 is 0 Å². The normalized spacial score (nSPS) is 19.1. The molecule has 19 heavy (non-hydrogen) atoms. The molecule has 0 aliphatic heterocycles. The summed E-state index contributed by atoms with van der Waals surface area (Å²) in [5, 5.41) is 3.49. The molecule has 0 radical (unpaired) electrons. The first kappa shape index (κ1) is 12.4. The van der Waals surface area contributed by atoms with Crippen LogP contribution in [0.2, 0.25) is 0 Å². The molecule has 1 N–H and O–H groups in total. The number of hydrogen-bond acceptors (Lipinski definition) is 2. The lowest BCUT2D eigenvalue weighted by Gasteiger charge is -2.23. The molecule has 2 aromatic rings. The molecule has 0 saturated carbocycles. The molecule has 2 nitrogen and oxygen atoms in total. The molecule has 0 amide bonds. The van der Waals surface area contributed by atoms with Gasteiger partial charge in [-0.25, -0.2) is 0 Å². The van der Waals surface area contributed by atoms with E-state index in [1.54, 1.807) is 0 Å². The first-order valence-electron chi connectivity index (χ1n) is 7.03. The molecule has 1 aromatic carbocycles. The summed E-state index contributed by atoms with van der Waals surface area (Å²) in [5.41, 5.74) is 4.13. The van der Waals surface area contributed by atoms with Gasteiger partial charge in [-0.05, 0) is 43.5 Å². The van der Waals surface area contributed by atoms with Gasteiger partial charge in [0, 0.05) is 23.9 Å². The van der Waals surface area contributed by atoms with Crippen molar-refractivity contribution in [2.75, 3.05) is 7.05 Å². The maximum absolute atomic E-state index is 4.61. The highest BCUT2D eigenvalue weighted by Crippen LogP contribution is 2.34. The minimum Gasteiger partial charge on any atom is -0.316 e. The highest BCUT2D eigenvalue weighted by atomic mass is 14.9. The van der Waals surface area contributed by atoms with Crippen molar-refractivity contribution in [1.29, 1.82) is 0 Å². The molecule has 0 saturated heterocycles. The number of rotatable bonds is 4. The molecule has 1 aliphatic carbocycles. The molecule has 0 bridgehead atoms. The lowest BCUT2D eigenvalue weighted by molar-refractivity contribution is 0.450. The van der Waals surface area contributed by atoms with Gasteiger partial charge in [0.1, 0.15) is 0 Å². The van der Waals surface area contributed by atoms with Gasteiger partial charge in [-0.15, -0.1) is 0 Å². The van der Waals surface area contributed by atoms with Crippen molar-refractivity contribution in [3.8, 4) is 0 Å². The predicted octanol–water partition coefficient (Wildman–Crippen LogP) is 2.94. The summed E-state index contributed by atoms with van der Waals surface area (Å²) in [5.74, 6) is 0.543. The summed E-state index contributed by atoms with van der Waals surface area (Å²) in [6, 6.07) is 15.5.